The molecule has 23 heavy (non-hydrogen) atoms. The van der Waals surface area contributed by atoms with Crippen LogP contribution >= 0.6 is 0 Å². The third-order valence-corrected chi connectivity index (χ3v) is 5.47. The average Bonchev–Trinajstić information content (AvgIpc) is 2.54. The van der Waals surface area contributed by atoms with Crippen molar-refractivity contribution >= 4 is 11.6 Å². The van der Waals surface area contributed by atoms with Gasteiger partial charge in [-0.25, -0.2) is 0 Å². The first kappa shape index (κ1) is 16.5. The van der Waals surface area contributed by atoms with Crippen molar-refractivity contribution in [1.82, 2.24) is 10.2 Å². The number of benzene rings is 1. The lowest BCUT2D eigenvalue weighted by atomic mass is 9.79. The molecule has 1 saturated heterocycles. The zero-order valence-electron chi connectivity index (χ0n) is 14.5. The van der Waals surface area contributed by atoms with Crippen LogP contribution in [-0.4, -0.2) is 42.5 Å². The molecule has 2 fully saturated rings. The Kier molecular flexibility index (Phi) is 5.02. The van der Waals surface area contributed by atoms with E-state index in [4.69, 9.17) is 0 Å². The molecule has 1 aromatic carbocycles. The third kappa shape index (κ3) is 3.75. The lowest BCUT2D eigenvalue weighted by Gasteiger charge is -2.49. The Labute approximate surface area is 139 Å². The van der Waals surface area contributed by atoms with Gasteiger partial charge in [0.15, 0.2) is 0 Å². The van der Waals surface area contributed by atoms with E-state index >= 15 is 0 Å². The number of hydrogen-bond donors (Lipinski definition) is 2. The Morgan fingerprint density at radius 2 is 2.04 bits per heavy atom. The van der Waals surface area contributed by atoms with Crippen LogP contribution in [0.25, 0.3) is 0 Å². The van der Waals surface area contributed by atoms with Gasteiger partial charge in [0.05, 0.1) is 6.54 Å². The summed E-state index contributed by atoms with van der Waals surface area (Å²) in [5.74, 6) is 0.116. The van der Waals surface area contributed by atoms with Crippen LogP contribution in [0.2, 0.25) is 0 Å². The monoisotopic (exact) mass is 315 g/mol. The number of hydrogen-bond acceptors (Lipinski definition) is 3. The molecule has 0 aromatic heterocycles. The average molecular weight is 315 g/mol. The summed E-state index contributed by atoms with van der Waals surface area (Å²) < 4.78 is 0. The Morgan fingerprint density at radius 1 is 1.26 bits per heavy atom. The number of piperazine rings is 1. The van der Waals surface area contributed by atoms with Gasteiger partial charge < -0.3 is 10.6 Å². The van der Waals surface area contributed by atoms with E-state index in [0.29, 0.717) is 6.54 Å². The van der Waals surface area contributed by atoms with Crippen LogP contribution in [0.1, 0.15) is 43.2 Å². The summed E-state index contributed by atoms with van der Waals surface area (Å²) in [6, 6.07) is 6.21. The summed E-state index contributed by atoms with van der Waals surface area (Å²) >= 11 is 0. The zero-order chi connectivity index (χ0) is 16.3. The Hall–Kier alpha value is -1.39. The van der Waals surface area contributed by atoms with Gasteiger partial charge >= 0.3 is 0 Å². The van der Waals surface area contributed by atoms with Gasteiger partial charge in [-0.05, 0) is 43.9 Å². The van der Waals surface area contributed by atoms with Crippen LogP contribution in [0.15, 0.2) is 18.2 Å². The van der Waals surface area contributed by atoms with Crippen molar-refractivity contribution in [2.45, 2.75) is 51.5 Å². The molecule has 2 N–H and O–H groups in total. The molecular weight excluding hydrogens is 286 g/mol. The smallest absolute Gasteiger partial charge is 0.238 e. The highest BCUT2D eigenvalue weighted by Crippen LogP contribution is 2.34. The Bertz CT molecular complexity index is 555. The third-order valence-electron chi connectivity index (χ3n) is 5.47. The van der Waals surface area contributed by atoms with Crippen LogP contribution in [0.4, 0.5) is 5.69 Å². The molecule has 0 atom stereocenters. The summed E-state index contributed by atoms with van der Waals surface area (Å²) in [7, 11) is 0. The van der Waals surface area contributed by atoms with Crippen molar-refractivity contribution < 1.29 is 4.79 Å². The Balaban J connectivity index is 1.67. The van der Waals surface area contributed by atoms with E-state index in [9.17, 15) is 4.79 Å². The van der Waals surface area contributed by atoms with Crippen LogP contribution in [0, 0.1) is 13.8 Å². The van der Waals surface area contributed by atoms with Gasteiger partial charge in [-0.3, -0.25) is 9.69 Å². The van der Waals surface area contributed by atoms with Gasteiger partial charge in [-0.1, -0.05) is 31.4 Å². The molecule has 1 aromatic rings. The molecule has 0 radical (unpaired) electrons. The second kappa shape index (κ2) is 7.02. The second-order valence-electron chi connectivity index (χ2n) is 7.25. The van der Waals surface area contributed by atoms with E-state index in [0.717, 1.165) is 30.9 Å². The summed E-state index contributed by atoms with van der Waals surface area (Å²) in [4.78, 5) is 15.0. The lowest BCUT2D eigenvalue weighted by Crippen LogP contribution is -2.63. The first-order valence-corrected chi connectivity index (χ1v) is 8.92. The maximum absolute atomic E-state index is 12.6. The highest BCUT2D eigenvalue weighted by atomic mass is 16.2. The molecule has 0 unspecified atom stereocenters. The highest BCUT2D eigenvalue weighted by molar-refractivity contribution is 5.93. The van der Waals surface area contributed by atoms with Gasteiger partial charge in [0.1, 0.15) is 0 Å². The minimum atomic E-state index is 0.116. The van der Waals surface area contributed by atoms with Gasteiger partial charge in [0, 0.05) is 30.9 Å². The fourth-order valence-corrected chi connectivity index (χ4v) is 4.07. The van der Waals surface area contributed by atoms with E-state index < -0.39 is 0 Å². The number of carbonyl (C=O) groups is 1. The molecule has 1 saturated carbocycles. The van der Waals surface area contributed by atoms with E-state index in [2.05, 4.69) is 40.7 Å². The van der Waals surface area contributed by atoms with E-state index in [-0.39, 0.29) is 11.4 Å². The number of anilines is 1. The van der Waals surface area contributed by atoms with E-state index in [1.165, 1.54) is 37.7 Å². The van der Waals surface area contributed by atoms with Gasteiger partial charge in [0.25, 0.3) is 0 Å². The van der Waals surface area contributed by atoms with Crippen LogP contribution < -0.4 is 10.6 Å². The van der Waals surface area contributed by atoms with Gasteiger partial charge in [0.2, 0.25) is 5.91 Å². The minimum Gasteiger partial charge on any atom is -0.325 e. The predicted octanol–water partition coefficient (Wildman–Crippen LogP) is 2.85. The van der Waals surface area contributed by atoms with Gasteiger partial charge in [-0.15, -0.1) is 0 Å². The summed E-state index contributed by atoms with van der Waals surface area (Å²) in [6.45, 7) is 7.60. The van der Waals surface area contributed by atoms with Crippen LogP contribution in [0.3, 0.4) is 0 Å². The molecule has 4 nitrogen and oxygen atoms in total. The number of aryl methyl sites for hydroxylation is 2. The number of nitrogens with zero attached hydrogens (tertiary/aromatic N) is 1. The molecule has 1 aliphatic carbocycles. The molecule has 126 valence electrons. The van der Waals surface area contributed by atoms with Crippen molar-refractivity contribution in [3.63, 3.8) is 0 Å². The molecule has 1 heterocycles. The largest absolute Gasteiger partial charge is 0.325 e. The molecule has 2 aliphatic rings. The fourth-order valence-electron chi connectivity index (χ4n) is 4.07. The molecule has 1 amide bonds. The van der Waals surface area contributed by atoms with Crippen LogP contribution in [0.5, 0.6) is 0 Å². The first-order valence-electron chi connectivity index (χ1n) is 8.92. The fraction of sp³-hybridized carbons (Fsp3) is 0.632. The molecule has 0 bridgehead atoms. The van der Waals surface area contributed by atoms with Crippen molar-refractivity contribution in [2.75, 3.05) is 31.5 Å². The standard InChI is InChI=1S/C19H29N3O/c1-15-6-7-16(2)17(12-15)21-18(23)13-22-11-10-20-14-19(22)8-4-3-5-9-19/h6-7,12,20H,3-5,8-11,13-14H2,1-2H3,(H,21,23). The molecule has 1 aliphatic heterocycles. The van der Waals surface area contributed by atoms with Crippen LogP contribution in [-0.2, 0) is 4.79 Å². The number of nitrogens with one attached hydrogen (secondary N) is 2. The molecule has 4 heteroatoms. The minimum absolute atomic E-state index is 0.116. The number of rotatable bonds is 3. The normalized spacial score (nSPS) is 21.3. The van der Waals surface area contributed by atoms with Crippen molar-refractivity contribution in [3.05, 3.63) is 29.3 Å². The van der Waals surface area contributed by atoms with Crippen molar-refractivity contribution in [1.29, 1.82) is 0 Å². The molecular formula is C19H29N3O. The lowest BCUT2D eigenvalue weighted by molar-refractivity contribution is -0.120. The van der Waals surface area contributed by atoms with Crippen molar-refractivity contribution in [3.8, 4) is 0 Å². The zero-order valence-corrected chi connectivity index (χ0v) is 14.5. The summed E-state index contributed by atoms with van der Waals surface area (Å²) in [6.07, 6.45) is 6.35. The van der Waals surface area contributed by atoms with Crippen molar-refractivity contribution in [2.24, 2.45) is 0 Å². The molecule has 1 spiro atoms. The quantitative estimate of drug-likeness (QED) is 0.901. The molecule has 3 rings (SSSR count). The predicted molar refractivity (Wildman–Crippen MR) is 94.8 cm³/mol. The maximum atomic E-state index is 12.6. The van der Waals surface area contributed by atoms with E-state index in [1.807, 2.05) is 6.92 Å². The maximum Gasteiger partial charge on any atom is 0.238 e. The number of amides is 1. The first-order chi connectivity index (χ1) is 11.1. The van der Waals surface area contributed by atoms with Gasteiger partial charge in [-0.2, -0.15) is 0 Å². The Morgan fingerprint density at radius 3 is 2.83 bits per heavy atom. The topological polar surface area (TPSA) is 44.4 Å². The SMILES string of the molecule is Cc1ccc(C)c(NC(=O)CN2CCNCC23CCCCC3)c1. The van der Waals surface area contributed by atoms with E-state index in [1.54, 1.807) is 0 Å². The highest BCUT2D eigenvalue weighted by Gasteiger charge is 2.40. The number of carbonyl (C=O) groups excluding carboxylic acids is 1. The second-order valence-corrected chi connectivity index (χ2v) is 7.25. The summed E-state index contributed by atoms with van der Waals surface area (Å²) in [5.41, 5.74) is 3.45. The summed E-state index contributed by atoms with van der Waals surface area (Å²) in [5, 5.41) is 6.66.